The molecule has 5 rings (SSSR count). The largest absolute Gasteiger partial charge is 0.466 e. The van der Waals surface area contributed by atoms with Crippen LogP contribution >= 0.6 is 39.1 Å². The Kier molecular flexibility index (Phi) is 8.23. The number of fused-ring (bicyclic) bond motifs is 1. The van der Waals surface area contributed by atoms with E-state index >= 15 is 8.78 Å². The molecule has 0 radical (unpaired) electrons. The van der Waals surface area contributed by atoms with Gasteiger partial charge in [0.05, 0.1) is 50.0 Å². The summed E-state index contributed by atoms with van der Waals surface area (Å²) in [5.74, 6) is -1.96. The summed E-state index contributed by atoms with van der Waals surface area (Å²) in [5, 5.41) is 0.829. The predicted molar refractivity (Wildman–Crippen MR) is 149 cm³/mol. The molecule has 2 heterocycles. The topological polar surface area (TPSA) is 65.1 Å². The van der Waals surface area contributed by atoms with Gasteiger partial charge < -0.3 is 14.2 Å². The van der Waals surface area contributed by atoms with Crippen LogP contribution in [-0.4, -0.2) is 48.9 Å². The summed E-state index contributed by atoms with van der Waals surface area (Å²) in [6, 6.07) is 14.6. The van der Waals surface area contributed by atoms with Gasteiger partial charge in [-0.1, -0.05) is 63.4 Å². The lowest BCUT2D eigenvalue weighted by atomic mass is 9.90. The van der Waals surface area contributed by atoms with Gasteiger partial charge in [0.15, 0.2) is 5.67 Å². The molecule has 0 saturated carbocycles. The molecule has 2 aliphatic heterocycles. The van der Waals surface area contributed by atoms with Gasteiger partial charge >= 0.3 is 5.97 Å². The number of esters is 1. The highest BCUT2D eigenvalue weighted by Crippen LogP contribution is 2.52. The fourth-order valence-corrected chi connectivity index (χ4v) is 5.77. The van der Waals surface area contributed by atoms with Crippen molar-refractivity contribution in [3.63, 3.8) is 0 Å². The van der Waals surface area contributed by atoms with Crippen molar-refractivity contribution in [2.24, 2.45) is 0 Å². The molecule has 11 heteroatoms. The Morgan fingerprint density at radius 2 is 1.73 bits per heavy atom. The molecule has 6 nitrogen and oxygen atoms in total. The first kappa shape index (κ1) is 29.0. The molecule has 210 valence electrons. The van der Waals surface area contributed by atoms with Crippen molar-refractivity contribution in [1.82, 2.24) is 4.90 Å². The van der Waals surface area contributed by atoms with E-state index in [1.54, 1.807) is 55.5 Å². The van der Waals surface area contributed by atoms with E-state index in [4.69, 9.17) is 37.4 Å². The van der Waals surface area contributed by atoms with E-state index in [1.165, 1.54) is 17.0 Å². The minimum Gasteiger partial charge on any atom is -0.466 e. The standard InChI is InChI=1S/C29H24BrCl2F2NO5/c1-2-39-25(36)13-24(17-3-7-20(31)8-4-17)35-27(37)22-11-19(30)12-23(33)26(22)29(35,18-5-9-21(32)10-6-18)40-16-28(34)14-38-15-28/h3-12,24H,2,13-16H2,1H3/t24?,29-/m1/s1. The summed E-state index contributed by atoms with van der Waals surface area (Å²) in [6.07, 6.45) is -0.291. The minimum absolute atomic E-state index is 0.00224. The van der Waals surface area contributed by atoms with E-state index in [9.17, 15) is 9.59 Å². The molecular formula is C29H24BrCl2F2NO5. The number of halogens is 5. The molecule has 0 aliphatic carbocycles. The summed E-state index contributed by atoms with van der Waals surface area (Å²) in [4.78, 5) is 28.5. The van der Waals surface area contributed by atoms with Crippen LogP contribution in [0.25, 0.3) is 0 Å². The van der Waals surface area contributed by atoms with E-state index in [1.807, 2.05) is 0 Å². The van der Waals surface area contributed by atoms with E-state index in [0.717, 1.165) is 0 Å². The van der Waals surface area contributed by atoms with Gasteiger partial charge in [0.2, 0.25) is 5.72 Å². The van der Waals surface area contributed by atoms with Crippen molar-refractivity contribution >= 4 is 51.0 Å². The number of rotatable bonds is 9. The molecule has 2 aliphatic rings. The molecule has 1 unspecified atom stereocenters. The molecule has 1 saturated heterocycles. The van der Waals surface area contributed by atoms with Gasteiger partial charge in [-0.15, -0.1) is 0 Å². The molecule has 0 bridgehead atoms. The highest BCUT2D eigenvalue weighted by molar-refractivity contribution is 9.10. The molecule has 40 heavy (non-hydrogen) atoms. The van der Waals surface area contributed by atoms with Gasteiger partial charge in [0.25, 0.3) is 5.91 Å². The number of benzene rings is 3. The Bertz CT molecular complexity index is 1440. The fraction of sp³-hybridized carbons (Fsp3) is 0.310. The quantitative estimate of drug-likeness (QED) is 0.233. The summed E-state index contributed by atoms with van der Waals surface area (Å²) in [7, 11) is 0. The van der Waals surface area contributed by atoms with E-state index < -0.39 is 41.7 Å². The Balaban J connectivity index is 1.78. The molecule has 1 amide bonds. The van der Waals surface area contributed by atoms with Gasteiger partial charge in [-0.25, -0.2) is 8.78 Å². The van der Waals surface area contributed by atoms with Crippen LogP contribution in [-0.2, 0) is 24.7 Å². The average Bonchev–Trinajstić information content (AvgIpc) is 3.14. The zero-order chi connectivity index (χ0) is 28.7. The van der Waals surface area contributed by atoms with Gasteiger partial charge in [-0.3, -0.25) is 14.5 Å². The SMILES string of the molecule is CCOC(=O)CC(c1ccc(Cl)cc1)N1C(=O)c2cc(Br)cc(F)c2[C@]1(OCC1(F)COC1)c1ccc(Cl)cc1. The maximum atomic E-state index is 16.0. The third-order valence-corrected chi connectivity index (χ3v) is 7.87. The van der Waals surface area contributed by atoms with Crippen molar-refractivity contribution in [2.75, 3.05) is 26.4 Å². The average molecular weight is 655 g/mol. The van der Waals surface area contributed by atoms with Crippen LogP contribution in [0.4, 0.5) is 8.78 Å². The number of hydrogen-bond donors (Lipinski definition) is 0. The van der Waals surface area contributed by atoms with Gasteiger partial charge in [0, 0.05) is 20.1 Å². The molecule has 0 N–H and O–H groups in total. The van der Waals surface area contributed by atoms with E-state index in [2.05, 4.69) is 15.9 Å². The number of alkyl halides is 1. The Morgan fingerprint density at radius 3 is 2.30 bits per heavy atom. The van der Waals surface area contributed by atoms with Crippen LogP contribution in [0.5, 0.6) is 0 Å². The lowest BCUT2D eigenvalue weighted by molar-refractivity contribution is -0.210. The molecule has 0 spiro atoms. The number of nitrogens with zero attached hydrogens (tertiary/aromatic N) is 1. The van der Waals surface area contributed by atoms with E-state index in [-0.39, 0.29) is 37.4 Å². The van der Waals surface area contributed by atoms with Crippen LogP contribution in [0.2, 0.25) is 10.0 Å². The third-order valence-electron chi connectivity index (χ3n) is 6.91. The maximum absolute atomic E-state index is 16.0. The van der Waals surface area contributed by atoms with Crippen molar-refractivity contribution in [3.05, 3.63) is 103 Å². The van der Waals surface area contributed by atoms with Crippen LogP contribution < -0.4 is 0 Å². The fourth-order valence-electron chi connectivity index (χ4n) is 5.09. The highest BCUT2D eigenvalue weighted by Gasteiger charge is 2.58. The minimum atomic E-state index is -1.98. The predicted octanol–water partition coefficient (Wildman–Crippen LogP) is 7.00. The van der Waals surface area contributed by atoms with Crippen LogP contribution in [0.15, 0.2) is 65.1 Å². The van der Waals surface area contributed by atoms with Crippen molar-refractivity contribution in [2.45, 2.75) is 30.8 Å². The second-order valence-electron chi connectivity index (χ2n) is 9.65. The molecule has 2 atom stereocenters. The summed E-state index contributed by atoms with van der Waals surface area (Å²) in [5.41, 5.74) is -3.09. The zero-order valence-electron chi connectivity index (χ0n) is 21.3. The van der Waals surface area contributed by atoms with Crippen LogP contribution in [0.1, 0.15) is 46.4 Å². The first-order chi connectivity index (χ1) is 19.1. The number of amides is 1. The van der Waals surface area contributed by atoms with Crippen LogP contribution in [0.3, 0.4) is 0 Å². The summed E-state index contributed by atoms with van der Waals surface area (Å²) < 4.78 is 48.5. The second-order valence-corrected chi connectivity index (χ2v) is 11.4. The number of carbonyl (C=O) groups is 2. The number of ether oxygens (including phenoxy) is 3. The molecule has 3 aromatic carbocycles. The van der Waals surface area contributed by atoms with Gasteiger partial charge in [0.1, 0.15) is 5.82 Å². The summed E-state index contributed by atoms with van der Waals surface area (Å²) >= 11 is 15.6. The first-order valence-electron chi connectivity index (χ1n) is 12.5. The van der Waals surface area contributed by atoms with Crippen LogP contribution in [0, 0.1) is 5.82 Å². The third kappa shape index (κ3) is 5.25. The lowest BCUT2D eigenvalue weighted by Crippen LogP contribution is -2.55. The molecular weight excluding hydrogens is 631 g/mol. The van der Waals surface area contributed by atoms with Crippen molar-refractivity contribution in [1.29, 1.82) is 0 Å². The summed E-state index contributed by atoms with van der Waals surface area (Å²) in [6.45, 7) is 0.848. The van der Waals surface area contributed by atoms with E-state index in [0.29, 0.717) is 25.6 Å². The highest BCUT2D eigenvalue weighted by atomic mass is 79.9. The zero-order valence-corrected chi connectivity index (χ0v) is 24.4. The Morgan fingerprint density at radius 1 is 1.10 bits per heavy atom. The smallest absolute Gasteiger partial charge is 0.308 e. The Hall–Kier alpha value is -2.56. The molecule has 1 fully saturated rings. The maximum Gasteiger partial charge on any atom is 0.308 e. The van der Waals surface area contributed by atoms with Gasteiger partial charge in [-0.2, -0.15) is 0 Å². The van der Waals surface area contributed by atoms with Crippen molar-refractivity contribution < 1.29 is 32.6 Å². The number of carbonyl (C=O) groups excluding carboxylic acids is 2. The second kappa shape index (κ2) is 11.4. The molecule has 0 aromatic heterocycles. The van der Waals surface area contributed by atoms with Gasteiger partial charge in [-0.05, 0) is 48.9 Å². The Labute approximate surface area is 248 Å². The lowest BCUT2D eigenvalue weighted by Gasteiger charge is -2.45. The first-order valence-corrected chi connectivity index (χ1v) is 14.0. The molecule has 3 aromatic rings. The van der Waals surface area contributed by atoms with Crippen molar-refractivity contribution in [3.8, 4) is 0 Å². The number of hydrogen-bond acceptors (Lipinski definition) is 5. The monoisotopic (exact) mass is 653 g/mol. The normalized spacial score (nSPS) is 20.1.